The van der Waals surface area contributed by atoms with E-state index in [9.17, 15) is 9.18 Å². The summed E-state index contributed by atoms with van der Waals surface area (Å²) in [4.78, 5) is 11.9. The molecule has 3 rings (SSSR count). The predicted molar refractivity (Wildman–Crippen MR) is 117 cm³/mol. The van der Waals surface area contributed by atoms with Crippen LogP contribution in [0.3, 0.4) is 0 Å². The molecule has 0 spiro atoms. The molecular formula is C26H25FO3. The van der Waals surface area contributed by atoms with Crippen LogP contribution in [0.15, 0.2) is 72.3 Å². The summed E-state index contributed by atoms with van der Waals surface area (Å²) in [5.74, 6) is -0.661. The van der Waals surface area contributed by atoms with Crippen molar-refractivity contribution in [1.29, 1.82) is 0 Å². The summed E-state index contributed by atoms with van der Waals surface area (Å²) in [5, 5.41) is 9.16. The van der Waals surface area contributed by atoms with Crippen LogP contribution in [-0.4, -0.2) is 11.1 Å². The number of rotatable bonds is 6. The van der Waals surface area contributed by atoms with Gasteiger partial charge in [-0.1, -0.05) is 54.6 Å². The van der Waals surface area contributed by atoms with E-state index in [0.29, 0.717) is 11.1 Å². The van der Waals surface area contributed by atoms with Crippen LogP contribution in [0.2, 0.25) is 0 Å². The highest BCUT2D eigenvalue weighted by Crippen LogP contribution is 2.29. The van der Waals surface area contributed by atoms with E-state index in [0.717, 1.165) is 33.4 Å². The van der Waals surface area contributed by atoms with E-state index in [-0.39, 0.29) is 25.0 Å². The number of ether oxygens (including phenoxy) is 1. The van der Waals surface area contributed by atoms with Crippen molar-refractivity contribution in [2.45, 2.75) is 34.0 Å². The lowest BCUT2D eigenvalue weighted by Crippen LogP contribution is -2.06. The minimum atomic E-state index is -0.343. The van der Waals surface area contributed by atoms with Crippen LogP contribution in [0.5, 0.6) is 0 Å². The molecule has 0 heterocycles. The van der Waals surface area contributed by atoms with Crippen molar-refractivity contribution in [2.24, 2.45) is 0 Å². The van der Waals surface area contributed by atoms with Gasteiger partial charge in [-0.15, -0.1) is 0 Å². The molecule has 1 N–H and O–H groups in total. The second-order valence-corrected chi connectivity index (χ2v) is 7.24. The molecule has 0 amide bonds. The Bertz CT molecular complexity index is 1080. The molecule has 3 aromatic carbocycles. The fourth-order valence-corrected chi connectivity index (χ4v) is 3.10. The summed E-state index contributed by atoms with van der Waals surface area (Å²) in [5.41, 5.74) is 6.11. The molecule has 0 aliphatic heterocycles. The zero-order valence-electron chi connectivity index (χ0n) is 17.4. The molecule has 3 aromatic rings. The van der Waals surface area contributed by atoms with Gasteiger partial charge in [-0.05, 0) is 66.3 Å². The number of halogens is 1. The number of carbonyl (C=O) groups is 1. The number of carbonyl (C=O) groups excluding carboxylic acids is 1. The third kappa shape index (κ3) is 4.84. The van der Waals surface area contributed by atoms with Crippen molar-refractivity contribution in [1.82, 2.24) is 0 Å². The van der Waals surface area contributed by atoms with Crippen LogP contribution in [-0.2, 0) is 22.7 Å². The van der Waals surface area contributed by atoms with Crippen molar-refractivity contribution in [3.05, 3.63) is 94.8 Å². The predicted octanol–water partition coefficient (Wildman–Crippen LogP) is 5.97. The van der Waals surface area contributed by atoms with Crippen molar-refractivity contribution in [3.8, 4) is 22.3 Å². The molecular weight excluding hydrogens is 379 g/mol. The second kappa shape index (κ2) is 9.51. The number of aryl methyl sites for hydroxylation is 1. The van der Waals surface area contributed by atoms with Crippen LogP contribution in [0, 0.1) is 12.7 Å². The smallest absolute Gasteiger partial charge is 0.333 e. The normalized spacial score (nSPS) is 11.4. The summed E-state index contributed by atoms with van der Waals surface area (Å²) in [6.45, 7) is 5.59. The van der Waals surface area contributed by atoms with Crippen molar-refractivity contribution in [2.75, 3.05) is 0 Å². The van der Waals surface area contributed by atoms with E-state index < -0.39 is 0 Å². The first-order valence-corrected chi connectivity index (χ1v) is 9.82. The maximum Gasteiger partial charge on any atom is 0.333 e. The van der Waals surface area contributed by atoms with Gasteiger partial charge >= 0.3 is 5.97 Å². The Labute approximate surface area is 176 Å². The highest BCUT2D eigenvalue weighted by molar-refractivity contribution is 5.87. The van der Waals surface area contributed by atoms with Crippen molar-refractivity contribution in [3.63, 3.8) is 0 Å². The average molecular weight is 404 g/mol. The van der Waals surface area contributed by atoms with Gasteiger partial charge in [0.05, 0.1) is 6.61 Å². The number of hydrogen-bond donors (Lipinski definition) is 1. The highest BCUT2D eigenvalue weighted by Gasteiger charge is 2.11. The van der Waals surface area contributed by atoms with E-state index in [1.165, 1.54) is 6.07 Å². The first-order valence-electron chi connectivity index (χ1n) is 9.82. The zero-order valence-corrected chi connectivity index (χ0v) is 17.4. The van der Waals surface area contributed by atoms with Crippen LogP contribution < -0.4 is 0 Å². The van der Waals surface area contributed by atoms with Gasteiger partial charge in [0.2, 0.25) is 0 Å². The number of esters is 1. The van der Waals surface area contributed by atoms with E-state index in [1.54, 1.807) is 50.3 Å². The topological polar surface area (TPSA) is 46.5 Å². The molecule has 0 fully saturated rings. The molecule has 0 radical (unpaired) electrons. The van der Waals surface area contributed by atoms with Gasteiger partial charge in [0.1, 0.15) is 12.4 Å². The Balaban J connectivity index is 1.85. The molecule has 154 valence electrons. The summed E-state index contributed by atoms with van der Waals surface area (Å²) in [6.07, 6.45) is 1.72. The molecule has 0 aromatic heterocycles. The highest BCUT2D eigenvalue weighted by atomic mass is 19.1. The number of benzene rings is 3. The van der Waals surface area contributed by atoms with Gasteiger partial charge in [-0.3, -0.25) is 0 Å². The quantitative estimate of drug-likeness (QED) is 0.407. The Morgan fingerprint density at radius 3 is 2.27 bits per heavy atom. The van der Waals surface area contributed by atoms with Gasteiger partial charge in [0, 0.05) is 11.1 Å². The number of aliphatic hydroxyl groups is 1. The molecule has 30 heavy (non-hydrogen) atoms. The summed E-state index contributed by atoms with van der Waals surface area (Å²) in [7, 11) is 0. The third-order valence-corrected chi connectivity index (χ3v) is 5.21. The van der Waals surface area contributed by atoms with Crippen molar-refractivity contribution >= 4 is 5.97 Å². The molecule has 0 unspecified atom stereocenters. The lowest BCUT2D eigenvalue weighted by molar-refractivity contribution is -0.140. The molecule has 0 aliphatic carbocycles. The van der Waals surface area contributed by atoms with Crippen LogP contribution in [0.25, 0.3) is 22.3 Å². The first-order chi connectivity index (χ1) is 14.4. The Morgan fingerprint density at radius 1 is 1.00 bits per heavy atom. The van der Waals surface area contributed by atoms with Crippen LogP contribution in [0.4, 0.5) is 4.39 Å². The monoisotopic (exact) mass is 404 g/mol. The van der Waals surface area contributed by atoms with Gasteiger partial charge in [-0.25, -0.2) is 9.18 Å². The molecule has 0 saturated carbocycles. The first kappa shape index (κ1) is 21.5. The third-order valence-electron chi connectivity index (χ3n) is 5.21. The van der Waals surface area contributed by atoms with E-state index >= 15 is 0 Å². The molecule has 0 bridgehead atoms. The lowest BCUT2D eigenvalue weighted by atomic mass is 9.97. The van der Waals surface area contributed by atoms with Gasteiger partial charge in [0.15, 0.2) is 0 Å². The number of aliphatic hydroxyl groups excluding tert-OH is 1. The standard InChI is InChI=1S/C26H25FO3/c1-4-17(2)26(29)30-16-23-13-21(8-5-18(23)3)22-11-12-24(25(27)14-22)20-9-6-19(15-28)7-10-20/h4-14,28H,15-16H2,1-3H3/b17-4+. The molecule has 4 heteroatoms. The van der Waals surface area contributed by atoms with Gasteiger partial charge in [-0.2, -0.15) is 0 Å². The number of allylic oxidation sites excluding steroid dienone is 1. The summed E-state index contributed by atoms with van der Waals surface area (Å²) >= 11 is 0. The Kier molecular flexibility index (Phi) is 6.80. The van der Waals surface area contributed by atoms with E-state index in [1.807, 2.05) is 31.2 Å². The SMILES string of the molecule is C/C=C(\C)C(=O)OCc1cc(-c2ccc(-c3ccc(CO)cc3)c(F)c2)ccc1C. The Hall–Kier alpha value is -3.24. The largest absolute Gasteiger partial charge is 0.457 e. The van der Waals surface area contributed by atoms with Gasteiger partial charge < -0.3 is 9.84 Å². The van der Waals surface area contributed by atoms with E-state index in [4.69, 9.17) is 9.84 Å². The minimum absolute atomic E-state index is 0.0406. The molecule has 0 atom stereocenters. The van der Waals surface area contributed by atoms with E-state index in [2.05, 4.69) is 0 Å². The maximum atomic E-state index is 14.8. The molecule has 3 nitrogen and oxygen atoms in total. The number of hydrogen-bond acceptors (Lipinski definition) is 3. The molecule has 0 aliphatic rings. The van der Waals surface area contributed by atoms with Crippen molar-refractivity contribution < 1.29 is 19.0 Å². The second-order valence-electron chi connectivity index (χ2n) is 7.24. The minimum Gasteiger partial charge on any atom is -0.457 e. The average Bonchev–Trinajstić information content (AvgIpc) is 2.77. The fourth-order valence-electron chi connectivity index (χ4n) is 3.10. The summed E-state index contributed by atoms with van der Waals surface area (Å²) in [6, 6.07) is 18.1. The summed E-state index contributed by atoms with van der Waals surface area (Å²) < 4.78 is 20.2. The Morgan fingerprint density at radius 2 is 1.63 bits per heavy atom. The lowest BCUT2D eigenvalue weighted by Gasteiger charge is -2.12. The van der Waals surface area contributed by atoms with Crippen LogP contribution in [0.1, 0.15) is 30.5 Å². The van der Waals surface area contributed by atoms with Gasteiger partial charge in [0.25, 0.3) is 0 Å². The van der Waals surface area contributed by atoms with Crippen LogP contribution >= 0.6 is 0 Å². The fraction of sp³-hybridized carbons (Fsp3) is 0.192. The zero-order chi connectivity index (χ0) is 21.7. The molecule has 0 saturated heterocycles. The maximum absolute atomic E-state index is 14.8.